The van der Waals surface area contributed by atoms with Gasteiger partial charge in [-0.1, -0.05) is 0 Å². The first-order valence-corrected chi connectivity index (χ1v) is 6.60. The molecule has 4 atom stereocenters. The highest BCUT2D eigenvalue weighted by atomic mass is 35.5. The van der Waals surface area contributed by atoms with Gasteiger partial charge in [0.15, 0.2) is 23.2 Å². The molecular formula is C11H14ClN5O3. The van der Waals surface area contributed by atoms with Gasteiger partial charge in [0.05, 0.1) is 5.88 Å². The van der Waals surface area contributed by atoms with Crippen LogP contribution >= 0.6 is 11.6 Å². The van der Waals surface area contributed by atoms with Gasteiger partial charge in [0.2, 0.25) is 0 Å². The molecule has 0 bridgehead atoms. The molecule has 20 heavy (non-hydrogen) atoms. The third-order valence-electron chi connectivity index (χ3n) is 3.43. The van der Waals surface area contributed by atoms with Gasteiger partial charge >= 0.3 is 0 Å². The first kappa shape index (κ1) is 13.5. The summed E-state index contributed by atoms with van der Waals surface area (Å²) in [5.41, 5.74) is 6.63. The summed E-state index contributed by atoms with van der Waals surface area (Å²) in [4.78, 5) is 12.3. The van der Waals surface area contributed by atoms with E-state index in [0.717, 1.165) is 0 Å². The number of nitrogen functional groups attached to an aromatic ring is 1. The predicted molar refractivity (Wildman–Crippen MR) is 71.1 cm³/mol. The lowest BCUT2D eigenvalue weighted by Crippen LogP contribution is -2.32. The molecule has 0 radical (unpaired) electrons. The summed E-state index contributed by atoms with van der Waals surface area (Å²) in [6, 6.07) is 0. The molecule has 0 spiro atoms. The number of fused-ring (bicyclic) bond motifs is 1. The Morgan fingerprint density at radius 1 is 1.40 bits per heavy atom. The van der Waals surface area contributed by atoms with E-state index in [4.69, 9.17) is 22.1 Å². The summed E-state index contributed by atoms with van der Waals surface area (Å²) >= 11 is 5.71. The van der Waals surface area contributed by atoms with Gasteiger partial charge in [-0.25, -0.2) is 15.0 Å². The number of hydrogen-bond acceptors (Lipinski definition) is 7. The molecule has 2 aromatic heterocycles. The van der Waals surface area contributed by atoms with Crippen LogP contribution in [0.15, 0.2) is 6.33 Å². The number of nitrogens with zero attached hydrogens (tertiary/aromatic N) is 4. The number of anilines is 1. The third kappa shape index (κ3) is 1.84. The summed E-state index contributed by atoms with van der Waals surface area (Å²) in [6.07, 6.45) is -2.33. The van der Waals surface area contributed by atoms with Gasteiger partial charge in [0.25, 0.3) is 0 Å². The van der Waals surface area contributed by atoms with Crippen LogP contribution < -0.4 is 5.73 Å². The lowest BCUT2D eigenvalue weighted by Gasteiger charge is -2.18. The molecule has 1 aliphatic rings. The lowest BCUT2D eigenvalue weighted by molar-refractivity contribution is -0.0303. The largest absolute Gasteiger partial charge is 0.387 e. The van der Waals surface area contributed by atoms with Crippen molar-refractivity contribution >= 4 is 28.6 Å². The Kier molecular flexibility index (Phi) is 3.25. The van der Waals surface area contributed by atoms with Crippen LogP contribution in [0.25, 0.3) is 11.2 Å². The molecule has 3 heterocycles. The summed E-state index contributed by atoms with van der Waals surface area (Å²) in [5, 5.41) is 20.0. The number of rotatable bonds is 2. The molecule has 1 saturated heterocycles. The summed E-state index contributed by atoms with van der Waals surface area (Å²) in [6.45, 7) is 1.73. The van der Waals surface area contributed by atoms with Crippen molar-refractivity contribution in [2.75, 3.05) is 11.6 Å². The normalized spacial score (nSPS) is 30.2. The number of ether oxygens (including phenoxy) is 1. The quantitative estimate of drug-likeness (QED) is 0.644. The van der Waals surface area contributed by atoms with Gasteiger partial charge < -0.3 is 20.7 Å². The maximum absolute atomic E-state index is 10.1. The summed E-state index contributed by atoms with van der Waals surface area (Å²) < 4.78 is 7.19. The second kappa shape index (κ2) is 4.81. The maximum Gasteiger partial charge on any atom is 0.167 e. The van der Waals surface area contributed by atoms with Crippen molar-refractivity contribution < 1.29 is 14.9 Å². The average molecular weight is 300 g/mol. The fourth-order valence-electron chi connectivity index (χ4n) is 2.41. The highest BCUT2D eigenvalue weighted by Crippen LogP contribution is 2.33. The van der Waals surface area contributed by atoms with Crippen molar-refractivity contribution in [1.82, 2.24) is 19.5 Å². The number of halogens is 1. The minimum absolute atomic E-state index is 0.0809. The number of aromatic nitrogens is 4. The lowest BCUT2D eigenvalue weighted by atomic mass is 10.1. The molecule has 0 aromatic carbocycles. The van der Waals surface area contributed by atoms with E-state index in [9.17, 15) is 10.2 Å². The van der Waals surface area contributed by atoms with E-state index in [1.54, 1.807) is 11.5 Å². The SMILES string of the molecule is Cc1nc2c(N)ncnc2n1[C@@H]1O[C@H](CCl)C(O)C1O. The Bertz CT molecular complexity index is 648. The molecule has 3 rings (SSSR count). The molecule has 2 aromatic rings. The van der Waals surface area contributed by atoms with Crippen LogP contribution in [0.3, 0.4) is 0 Å². The monoisotopic (exact) mass is 299 g/mol. The third-order valence-corrected chi connectivity index (χ3v) is 3.73. The Morgan fingerprint density at radius 2 is 2.15 bits per heavy atom. The molecule has 108 valence electrons. The Balaban J connectivity index is 2.11. The van der Waals surface area contributed by atoms with E-state index in [-0.39, 0.29) is 11.7 Å². The molecule has 0 aliphatic carbocycles. The second-order valence-corrected chi connectivity index (χ2v) is 4.97. The van der Waals surface area contributed by atoms with Crippen LogP contribution in [0.5, 0.6) is 0 Å². The minimum Gasteiger partial charge on any atom is -0.387 e. The fraction of sp³-hybridized carbons (Fsp3) is 0.545. The average Bonchev–Trinajstić information content (AvgIpc) is 2.90. The number of imidazole rings is 1. The molecule has 0 amide bonds. The number of aliphatic hydroxyl groups excluding tert-OH is 2. The van der Waals surface area contributed by atoms with E-state index in [2.05, 4.69) is 15.0 Å². The number of hydrogen-bond donors (Lipinski definition) is 3. The number of aliphatic hydroxyl groups is 2. The second-order valence-electron chi connectivity index (χ2n) is 4.66. The van der Waals surface area contributed by atoms with E-state index in [0.29, 0.717) is 17.0 Å². The van der Waals surface area contributed by atoms with Crippen LogP contribution in [-0.4, -0.2) is 53.9 Å². The minimum atomic E-state index is -1.12. The molecule has 9 heteroatoms. The molecule has 1 fully saturated rings. The topological polar surface area (TPSA) is 119 Å². The van der Waals surface area contributed by atoms with Crippen LogP contribution in [0, 0.1) is 6.92 Å². The number of nitrogens with two attached hydrogens (primary N) is 1. The van der Waals surface area contributed by atoms with Crippen molar-refractivity contribution in [3.8, 4) is 0 Å². The predicted octanol–water partition coefficient (Wildman–Crippen LogP) is -0.425. The summed E-state index contributed by atoms with van der Waals surface area (Å²) in [5.74, 6) is 0.884. The molecule has 8 nitrogen and oxygen atoms in total. The number of alkyl halides is 1. The highest BCUT2D eigenvalue weighted by Gasteiger charge is 2.44. The van der Waals surface area contributed by atoms with Crippen molar-refractivity contribution in [3.63, 3.8) is 0 Å². The van der Waals surface area contributed by atoms with Gasteiger partial charge in [0.1, 0.15) is 30.5 Å². The van der Waals surface area contributed by atoms with E-state index in [1.807, 2.05) is 0 Å². The molecular weight excluding hydrogens is 286 g/mol. The van der Waals surface area contributed by atoms with Crippen LogP contribution in [0.4, 0.5) is 5.82 Å². The first-order chi connectivity index (χ1) is 9.54. The fourth-order valence-corrected chi connectivity index (χ4v) is 2.66. The van der Waals surface area contributed by atoms with Crippen LogP contribution in [0.1, 0.15) is 12.1 Å². The van der Waals surface area contributed by atoms with Gasteiger partial charge in [-0.3, -0.25) is 4.57 Å². The molecule has 2 unspecified atom stereocenters. The standard InChI is InChI=1S/C11H14ClN5O3/c1-4-16-6-9(13)14-3-15-10(6)17(4)11-8(19)7(18)5(2-12)20-11/h3,5,7-8,11,18-19H,2H2,1H3,(H2,13,14,15)/t5-,7?,8?,11-/m1/s1. The smallest absolute Gasteiger partial charge is 0.167 e. The zero-order valence-corrected chi connectivity index (χ0v) is 11.4. The van der Waals surface area contributed by atoms with Crippen molar-refractivity contribution in [2.45, 2.75) is 31.5 Å². The summed E-state index contributed by atoms with van der Waals surface area (Å²) in [7, 11) is 0. The van der Waals surface area contributed by atoms with Gasteiger partial charge in [-0.05, 0) is 6.92 Å². The van der Waals surface area contributed by atoms with Gasteiger partial charge in [-0.15, -0.1) is 11.6 Å². The van der Waals surface area contributed by atoms with E-state index < -0.39 is 24.5 Å². The van der Waals surface area contributed by atoms with E-state index >= 15 is 0 Å². The van der Waals surface area contributed by atoms with E-state index in [1.165, 1.54) is 6.33 Å². The highest BCUT2D eigenvalue weighted by molar-refractivity contribution is 6.18. The Hall–Kier alpha value is -1.48. The van der Waals surface area contributed by atoms with Gasteiger partial charge in [-0.2, -0.15) is 0 Å². The van der Waals surface area contributed by atoms with Crippen LogP contribution in [-0.2, 0) is 4.74 Å². The molecule has 4 N–H and O–H groups in total. The van der Waals surface area contributed by atoms with Crippen LogP contribution in [0.2, 0.25) is 0 Å². The maximum atomic E-state index is 10.1. The van der Waals surface area contributed by atoms with Crippen molar-refractivity contribution in [1.29, 1.82) is 0 Å². The zero-order valence-electron chi connectivity index (χ0n) is 10.6. The molecule has 0 saturated carbocycles. The first-order valence-electron chi connectivity index (χ1n) is 6.07. The zero-order chi connectivity index (χ0) is 14.4. The Labute approximate surface area is 119 Å². The molecule has 1 aliphatic heterocycles. The Morgan fingerprint density at radius 3 is 2.80 bits per heavy atom. The van der Waals surface area contributed by atoms with Gasteiger partial charge in [0, 0.05) is 0 Å². The van der Waals surface area contributed by atoms with Crippen molar-refractivity contribution in [3.05, 3.63) is 12.2 Å². The van der Waals surface area contributed by atoms with Crippen molar-refractivity contribution in [2.24, 2.45) is 0 Å². The number of aryl methyl sites for hydroxylation is 1.